The molecule has 3 atom stereocenters. The van der Waals surface area contributed by atoms with Crippen LogP contribution >= 0.6 is 12.2 Å². The molecule has 1 aromatic heterocycles. The van der Waals surface area contributed by atoms with Crippen molar-refractivity contribution in [1.82, 2.24) is 25.9 Å². The second kappa shape index (κ2) is 10.4. The lowest BCUT2D eigenvalue weighted by Crippen LogP contribution is -2.48. The minimum Gasteiger partial charge on any atom is -0.376 e. The van der Waals surface area contributed by atoms with E-state index in [1.54, 1.807) is 0 Å². The number of alkyl halides is 3. The zero-order valence-electron chi connectivity index (χ0n) is 19.5. The topological polar surface area (TPSA) is 92.2 Å². The van der Waals surface area contributed by atoms with Crippen LogP contribution in [0.4, 0.5) is 19.0 Å². The number of anilines is 1. The normalized spacial score (nSPS) is 21.8. The van der Waals surface area contributed by atoms with Gasteiger partial charge < -0.3 is 15.4 Å². The molecule has 4 rings (SSSR count). The van der Waals surface area contributed by atoms with E-state index in [4.69, 9.17) is 17.0 Å². The number of halogens is 3. The van der Waals surface area contributed by atoms with Crippen LogP contribution in [0.5, 0.6) is 0 Å². The molecule has 1 aromatic carbocycles. The minimum absolute atomic E-state index is 0.0604. The molecule has 8 nitrogen and oxygen atoms in total. The first kappa shape index (κ1) is 25.2. The maximum Gasteiger partial charge on any atom is 0.410 e. The summed E-state index contributed by atoms with van der Waals surface area (Å²) < 4.78 is 48.1. The lowest BCUT2D eigenvalue weighted by Gasteiger charge is -2.33. The van der Waals surface area contributed by atoms with Gasteiger partial charge in [0, 0.05) is 25.6 Å². The van der Waals surface area contributed by atoms with Crippen LogP contribution in [0, 0.1) is 0 Å². The number of ether oxygens (including phenoxy) is 1. The molecular weight excluding hydrogens is 481 g/mol. The molecule has 0 saturated carbocycles. The molecule has 0 unspecified atom stereocenters. The third-order valence-electron chi connectivity index (χ3n) is 6.23. The Hall–Kier alpha value is -2.86. The van der Waals surface area contributed by atoms with Gasteiger partial charge in [-0.3, -0.25) is 15.6 Å². The zero-order chi connectivity index (χ0) is 25.2. The lowest BCUT2D eigenvalue weighted by atomic mass is 9.94. The van der Waals surface area contributed by atoms with Crippen molar-refractivity contribution in [3.05, 3.63) is 47.2 Å². The van der Waals surface area contributed by atoms with Crippen molar-refractivity contribution in [3.63, 3.8) is 0 Å². The van der Waals surface area contributed by atoms with Gasteiger partial charge in [0.2, 0.25) is 0 Å². The number of nitrogens with zero attached hydrogens (tertiary/aromatic N) is 2. The molecule has 4 N–H and O–H groups in total. The molecule has 1 fully saturated rings. The molecule has 1 amide bonds. The standard InChI is InChI=1S/C23H29F3N6O2S/c1-13(2)14-5-7-15(8-6-14)17-10-19(23(24,25)26)32-20(28-17)11-18(31-32)21(33)29-30-22(35)27-12-16-4-3-9-34-16/h5-8,11,13,16-17,19,28H,3-4,9-10,12H2,1-2H3,(H,29,33)(H2,27,30,35)/t16-,17+,19-/m1/s1. The first-order valence-electron chi connectivity index (χ1n) is 11.6. The van der Waals surface area contributed by atoms with E-state index in [2.05, 4.69) is 40.4 Å². The molecule has 12 heteroatoms. The molecule has 35 heavy (non-hydrogen) atoms. The number of fused-ring (bicyclic) bond motifs is 1. The van der Waals surface area contributed by atoms with Gasteiger partial charge in [-0.2, -0.15) is 18.3 Å². The molecule has 1 saturated heterocycles. The summed E-state index contributed by atoms with van der Waals surface area (Å²) in [6.45, 7) is 5.32. The van der Waals surface area contributed by atoms with Crippen LogP contribution in [-0.4, -0.2) is 46.2 Å². The van der Waals surface area contributed by atoms with Gasteiger partial charge in [0.1, 0.15) is 5.82 Å². The van der Waals surface area contributed by atoms with Gasteiger partial charge in [-0.05, 0) is 42.1 Å². The van der Waals surface area contributed by atoms with Crippen LogP contribution in [-0.2, 0) is 4.74 Å². The molecule has 190 valence electrons. The summed E-state index contributed by atoms with van der Waals surface area (Å²) in [5.74, 6) is -0.254. The summed E-state index contributed by atoms with van der Waals surface area (Å²) in [5.41, 5.74) is 6.62. The number of hydrazine groups is 1. The Labute approximate surface area is 206 Å². The molecule has 0 spiro atoms. The molecule has 2 aromatic rings. The highest BCUT2D eigenvalue weighted by Crippen LogP contribution is 2.43. The Morgan fingerprint density at radius 3 is 2.66 bits per heavy atom. The quantitative estimate of drug-likeness (QED) is 0.358. The molecule has 2 aliphatic heterocycles. The Morgan fingerprint density at radius 1 is 1.29 bits per heavy atom. The summed E-state index contributed by atoms with van der Waals surface area (Å²) >= 11 is 5.13. The fraction of sp³-hybridized carbons (Fsp3) is 0.522. The summed E-state index contributed by atoms with van der Waals surface area (Å²) in [4.78, 5) is 12.6. The van der Waals surface area contributed by atoms with Crippen LogP contribution in [0.3, 0.4) is 0 Å². The predicted octanol–water partition coefficient (Wildman–Crippen LogP) is 3.95. The number of nitrogens with one attached hydrogen (secondary N) is 4. The number of aromatic nitrogens is 2. The average molecular weight is 511 g/mol. The van der Waals surface area contributed by atoms with Gasteiger partial charge in [-0.15, -0.1) is 0 Å². The van der Waals surface area contributed by atoms with Gasteiger partial charge in [-0.1, -0.05) is 38.1 Å². The lowest BCUT2D eigenvalue weighted by molar-refractivity contribution is -0.173. The molecular formula is C23H29F3N6O2S. The van der Waals surface area contributed by atoms with Gasteiger partial charge in [0.15, 0.2) is 16.8 Å². The van der Waals surface area contributed by atoms with Crippen molar-refractivity contribution >= 4 is 29.1 Å². The number of hydrogen-bond donors (Lipinski definition) is 4. The number of carbonyl (C=O) groups is 1. The fourth-order valence-electron chi connectivity index (χ4n) is 4.25. The van der Waals surface area contributed by atoms with Gasteiger partial charge >= 0.3 is 6.18 Å². The van der Waals surface area contributed by atoms with Crippen LogP contribution in [0.1, 0.15) is 72.7 Å². The highest BCUT2D eigenvalue weighted by molar-refractivity contribution is 7.80. The smallest absolute Gasteiger partial charge is 0.376 e. The number of carbonyl (C=O) groups excluding carboxylic acids is 1. The monoisotopic (exact) mass is 510 g/mol. The average Bonchev–Trinajstić information content (AvgIpc) is 3.49. The second-order valence-corrected chi connectivity index (χ2v) is 9.50. The Bertz CT molecular complexity index is 1050. The van der Waals surface area contributed by atoms with E-state index in [0.29, 0.717) is 19.1 Å². The molecule has 0 radical (unpaired) electrons. The van der Waals surface area contributed by atoms with Crippen molar-refractivity contribution < 1.29 is 22.7 Å². The van der Waals surface area contributed by atoms with Crippen molar-refractivity contribution in [1.29, 1.82) is 0 Å². The van der Waals surface area contributed by atoms with Crippen molar-refractivity contribution in [2.45, 2.75) is 63.4 Å². The van der Waals surface area contributed by atoms with E-state index in [1.807, 2.05) is 24.3 Å². The van der Waals surface area contributed by atoms with Crippen LogP contribution < -0.4 is 21.5 Å². The van der Waals surface area contributed by atoms with Crippen molar-refractivity contribution in [3.8, 4) is 0 Å². The maximum atomic E-state index is 13.9. The van der Waals surface area contributed by atoms with E-state index < -0.39 is 24.2 Å². The van der Waals surface area contributed by atoms with E-state index in [9.17, 15) is 18.0 Å². The Kier molecular flexibility index (Phi) is 7.50. The molecule has 2 aliphatic rings. The highest BCUT2D eigenvalue weighted by atomic mass is 32.1. The van der Waals surface area contributed by atoms with Crippen molar-refractivity contribution in [2.75, 3.05) is 18.5 Å². The van der Waals surface area contributed by atoms with E-state index in [-0.39, 0.29) is 29.1 Å². The largest absolute Gasteiger partial charge is 0.410 e. The predicted molar refractivity (Wildman–Crippen MR) is 129 cm³/mol. The number of rotatable bonds is 5. The highest BCUT2D eigenvalue weighted by Gasteiger charge is 2.46. The van der Waals surface area contributed by atoms with Crippen molar-refractivity contribution in [2.24, 2.45) is 0 Å². The van der Waals surface area contributed by atoms with E-state index in [0.717, 1.165) is 28.7 Å². The summed E-state index contributed by atoms with van der Waals surface area (Å²) in [6.07, 6.45) is -2.79. The zero-order valence-corrected chi connectivity index (χ0v) is 20.3. The number of hydrogen-bond acceptors (Lipinski definition) is 5. The molecule has 0 aliphatic carbocycles. The second-order valence-electron chi connectivity index (χ2n) is 9.09. The third kappa shape index (κ3) is 6.04. The SMILES string of the molecule is CC(C)c1ccc([C@@H]2C[C@H](C(F)(F)F)n3nc(C(=O)NNC(=S)NC[C@H]4CCCO4)cc3N2)cc1. The third-order valence-corrected chi connectivity index (χ3v) is 6.48. The molecule has 0 bridgehead atoms. The van der Waals surface area contributed by atoms with E-state index >= 15 is 0 Å². The number of thiocarbonyl (C=S) groups is 1. The first-order chi connectivity index (χ1) is 16.6. The summed E-state index contributed by atoms with van der Waals surface area (Å²) in [7, 11) is 0. The van der Waals surface area contributed by atoms with Gasteiger partial charge in [-0.25, -0.2) is 4.68 Å². The van der Waals surface area contributed by atoms with Gasteiger partial charge in [0.05, 0.1) is 12.1 Å². The first-order valence-corrected chi connectivity index (χ1v) is 12.0. The van der Waals surface area contributed by atoms with Crippen LogP contribution in [0.15, 0.2) is 30.3 Å². The minimum atomic E-state index is -4.53. The number of amides is 1. The number of benzene rings is 1. The Balaban J connectivity index is 1.44. The van der Waals surface area contributed by atoms with Crippen LogP contribution in [0.25, 0.3) is 0 Å². The van der Waals surface area contributed by atoms with Gasteiger partial charge in [0.25, 0.3) is 5.91 Å². The maximum absolute atomic E-state index is 13.9. The summed E-state index contributed by atoms with van der Waals surface area (Å²) in [5, 5.41) is 10.2. The molecule has 3 heterocycles. The fourth-order valence-corrected chi connectivity index (χ4v) is 4.38. The summed E-state index contributed by atoms with van der Waals surface area (Å²) in [6, 6.07) is 6.41. The Morgan fingerprint density at radius 2 is 2.03 bits per heavy atom. The van der Waals surface area contributed by atoms with Crippen LogP contribution in [0.2, 0.25) is 0 Å². The van der Waals surface area contributed by atoms with E-state index in [1.165, 1.54) is 6.07 Å².